The number of para-hydroxylation sites is 1. The van der Waals surface area contributed by atoms with Crippen molar-refractivity contribution in [2.45, 2.75) is 0 Å². The van der Waals surface area contributed by atoms with Crippen LogP contribution in [0.1, 0.15) is 5.56 Å². The molecule has 0 fully saturated rings. The molecular formula is C16H19N3. The van der Waals surface area contributed by atoms with E-state index in [1.807, 2.05) is 38.5 Å². The highest BCUT2D eigenvalue weighted by Gasteiger charge is 2.02. The van der Waals surface area contributed by atoms with Crippen LogP contribution in [-0.4, -0.2) is 32.4 Å². The molecule has 0 saturated carbocycles. The molecule has 0 aromatic heterocycles. The minimum Gasteiger partial charge on any atom is -0.345 e. The van der Waals surface area contributed by atoms with Gasteiger partial charge in [-0.2, -0.15) is 5.10 Å². The molecule has 0 amide bonds. The van der Waals surface area contributed by atoms with Gasteiger partial charge in [0.05, 0.1) is 6.21 Å². The summed E-state index contributed by atoms with van der Waals surface area (Å²) in [7, 11) is 5.89. The van der Waals surface area contributed by atoms with Crippen LogP contribution in [0.5, 0.6) is 0 Å². The van der Waals surface area contributed by atoms with Crippen LogP contribution in [0.2, 0.25) is 0 Å². The summed E-state index contributed by atoms with van der Waals surface area (Å²) in [4.78, 5) is 2.16. The van der Waals surface area contributed by atoms with Crippen molar-refractivity contribution in [2.24, 2.45) is 5.10 Å². The predicted octanol–water partition coefficient (Wildman–Crippen LogP) is 3.35. The second kappa shape index (κ2) is 6.05. The van der Waals surface area contributed by atoms with E-state index in [9.17, 15) is 0 Å². The lowest BCUT2D eigenvalue weighted by molar-refractivity contribution is 0.440. The summed E-state index contributed by atoms with van der Waals surface area (Å²) in [6.45, 7) is 0. The molecule has 2 aromatic carbocycles. The number of anilines is 2. The molecule has 0 aliphatic carbocycles. The van der Waals surface area contributed by atoms with Crippen LogP contribution in [0.4, 0.5) is 11.4 Å². The second-order valence-electron chi connectivity index (χ2n) is 4.58. The summed E-state index contributed by atoms with van der Waals surface area (Å²) >= 11 is 0. The fraction of sp³-hybridized carbons (Fsp3) is 0.188. The lowest BCUT2D eigenvalue weighted by Gasteiger charge is -2.19. The van der Waals surface area contributed by atoms with Crippen molar-refractivity contribution in [3.05, 3.63) is 60.2 Å². The smallest absolute Gasteiger partial charge is 0.0542 e. The molecule has 0 aliphatic heterocycles. The molecule has 0 spiro atoms. The van der Waals surface area contributed by atoms with Gasteiger partial charge in [0.15, 0.2) is 0 Å². The van der Waals surface area contributed by atoms with E-state index in [0.717, 1.165) is 11.3 Å². The monoisotopic (exact) mass is 253 g/mol. The summed E-state index contributed by atoms with van der Waals surface area (Å²) in [5.74, 6) is 0. The Balaban J connectivity index is 2.14. The van der Waals surface area contributed by atoms with Crippen LogP contribution >= 0.6 is 0 Å². The fourth-order valence-corrected chi connectivity index (χ4v) is 1.77. The molecule has 0 heterocycles. The Bertz CT molecular complexity index is 530. The van der Waals surface area contributed by atoms with E-state index in [-0.39, 0.29) is 0 Å². The Morgan fingerprint density at radius 1 is 0.789 bits per heavy atom. The predicted molar refractivity (Wildman–Crippen MR) is 82.2 cm³/mol. The maximum Gasteiger partial charge on any atom is 0.0542 e. The van der Waals surface area contributed by atoms with Gasteiger partial charge in [-0.15, -0.1) is 0 Å². The first-order valence-electron chi connectivity index (χ1n) is 6.27. The van der Waals surface area contributed by atoms with Crippen molar-refractivity contribution in [3.63, 3.8) is 0 Å². The van der Waals surface area contributed by atoms with Crippen molar-refractivity contribution in [3.8, 4) is 0 Å². The largest absolute Gasteiger partial charge is 0.345 e. The number of rotatable bonds is 4. The van der Waals surface area contributed by atoms with Gasteiger partial charge in [-0.3, -0.25) is 0 Å². The van der Waals surface area contributed by atoms with Gasteiger partial charge in [0.2, 0.25) is 0 Å². The van der Waals surface area contributed by atoms with Crippen LogP contribution in [0.3, 0.4) is 0 Å². The fourth-order valence-electron chi connectivity index (χ4n) is 1.77. The minimum absolute atomic E-state index is 1.10. The Morgan fingerprint density at radius 3 is 1.95 bits per heavy atom. The molecule has 3 heteroatoms. The number of hydrazone groups is 1. The normalized spacial score (nSPS) is 10.7. The van der Waals surface area contributed by atoms with Gasteiger partial charge < -0.3 is 9.91 Å². The Hall–Kier alpha value is -2.29. The quantitative estimate of drug-likeness (QED) is 0.614. The van der Waals surface area contributed by atoms with Gasteiger partial charge >= 0.3 is 0 Å². The third-order valence-corrected chi connectivity index (χ3v) is 2.86. The zero-order valence-corrected chi connectivity index (χ0v) is 11.6. The van der Waals surface area contributed by atoms with Crippen LogP contribution in [0.15, 0.2) is 59.7 Å². The van der Waals surface area contributed by atoms with Crippen molar-refractivity contribution in [1.29, 1.82) is 0 Å². The van der Waals surface area contributed by atoms with Gasteiger partial charge in [0.1, 0.15) is 0 Å². The maximum absolute atomic E-state index is 4.22. The van der Waals surface area contributed by atoms with Crippen LogP contribution < -0.4 is 4.90 Å². The Kier molecular flexibility index (Phi) is 4.18. The van der Waals surface area contributed by atoms with E-state index in [2.05, 4.69) is 53.4 Å². The third-order valence-electron chi connectivity index (χ3n) is 2.86. The third kappa shape index (κ3) is 3.58. The summed E-state index contributed by atoms with van der Waals surface area (Å²) in [5, 5.41) is 6.00. The van der Waals surface area contributed by atoms with Gasteiger partial charge in [-0.1, -0.05) is 30.3 Å². The average molecular weight is 253 g/mol. The Morgan fingerprint density at radius 2 is 1.37 bits per heavy atom. The summed E-state index contributed by atoms with van der Waals surface area (Å²) in [6.07, 6.45) is 1.85. The molecule has 2 rings (SSSR count). The highest BCUT2D eigenvalue weighted by atomic mass is 15.4. The summed E-state index contributed by atoms with van der Waals surface area (Å²) < 4.78 is 0. The first kappa shape index (κ1) is 13.1. The molecule has 0 atom stereocenters. The van der Waals surface area contributed by atoms with Crippen LogP contribution in [0, 0.1) is 0 Å². The summed E-state index contributed by atoms with van der Waals surface area (Å²) in [5.41, 5.74) is 3.43. The molecule has 0 radical (unpaired) electrons. The van der Waals surface area contributed by atoms with Crippen molar-refractivity contribution < 1.29 is 0 Å². The second-order valence-corrected chi connectivity index (χ2v) is 4.58. The summed E-state index contributed by atoms with van der Waals surface area (Å²) in [6, 6.07) is 18.7. The standard InChI is InChI=1S/C16H19N3/c1-18(2)17-13-14-9-11-16(12-10-14)19(3)15-7-5-4-6-8-15/h4-13H,1-3H3. The molecule has 0 N–H and O–H groups in total. The minimum atomic E-state index is 1.10. The Labute approximate surface area is 114 Å². The molecule has 3 nitrogen and oxygen atoms in total. The van der Waals surface area contributed by atoms with Crippen molar-refractivity contribution >= 4 is 17.6 Å². The van der Waals surface area contributed by atoms with Gasteiger partial charge in [-0.05, 0) is 29.8 Å². The highest BCUT2D eigenvalue weighted by Crippen LogP contribution is 2.22. The van der Waals surface area contributed by atoms with E-state index in [0.29, 0.717) is 0 Å². The van der Waals surface area contributed by atoms with E-state index in [4.69, 9.17) is 0 Å². The van der Waals surface area contributed by atoms with Gasteiger partial charge in [0.25, 0.3) is 0 Å². The topological polar surface area (TPSA) is 18.8 Å². The zero-order chi connectivity index (χ0) is 13.7. The highest BCUT2D eigenvalue weighted by molar-refractivity contribution is 5.80. The number of hydrogen-bond acceptors (Lipinski definition) is 3. The maximum atomic E-state index is 4.22. The van der Waals surface area contributed by atoms with Crippen molar-refractivity contribution in [1.82, 2.24) is 5.01 Å². The molecule has 0 unspecified atom stereocenters. The number of hydrogen-bond donors (Lipinski definition) is 0. The molecule has 19 heavy (non-hydrogen) atoms. The van der Waals surface area contributed by atoms with Gasteiger partial charge in [-0.25, -0.2) is 0 Å². The first-order chi connectivity index (χ1) is 9.16. The lowest BCUT2D eigenvalue weighted by Crippen LogP contribution is -2.09. The SMILES string of the molecule is CN(C)N=Cc1ccc(N(C)c2ccccc2)cc1. The van der Waals surface area contributed by atoms with E-state index in [1.165, 1.54) is 5.69 Å². The van der Waals surface area contributed by atoms with Gasteiger partial charge in [0, 0.05) is 32.5 Å². The van der Waals surface area contributed by atoms with Crippen LogP contribution in [0.25, 0.3) is 0 Å². The molecule has 0 aliphatic rings. The molecule has 0 bridgehead atoms. The van der Waals surface area contributed by atoms with Crippen molar-refractivity contribution in [2.75, 3.05) is 26.0 Å². The first-order valence-corrected chi connectivity index (χ1v) is 6.27. The molecule has 98 valence electrons. The molecule has 0 saturated heterocycles. The van der Waals surface area contributed by atoms with Crippen LogP contribution in [-0.2, 0) is 0 Å². The zero-order valence-electron chi connectivity index (χ0n) is 11.6. The van der Waals surface area contributed by atoms with E-state index >= 15 is 0 Å². The number of nitrogens with zero attached hydrogens (tertiary/aromatic N) is 3. The molecule has 2 aromatic rings. The lowest BCUT2D eigenvalue weighted by atomic mass is 10.2. The van der Waals surface area contributed by atoms with E-state index < -0.39 is 0 Å². The average Bonchev–Trinajstić information content (AvgIpc) is 2.46. The van der Waals surface area contributed by atoms with E-state index in [1.54, 1.807) is 5.01 Å². The molecular weight excluding hydrogens is 234 g/mol. The number of benzene rings is 2.